The lowest BCUT2D eigenvalue weighted by Crippen LogP contribution is -2.34. The van der Waals surface area contributed by atoms with Gasteiger partial charge < -0.3 is 0 Å². The van der Waals surface area contributed by atoms with Crippen molar-refractivity contribution in [2.24, 2.45) is 5.10 Å². The van der Waals surface area contributed by atoms with Crippen molar-refractivity contribution in [3.05, 3.63) is 136 Å². The predicted octanol–water partition coefficient (Wildman–Crippen LogP) is 7.92. The maximum Gasteiger partial charge on any atom is 0.187 e. The van der Waals surface area contributed by atoms with Crippen molar-refractivity contribution in [3.8, 4) is 0 Å². The van der Waals surface area contributed by atoms with Gasteiger partial charge in [0.05, 0.1) is 10.4 Å². The van der Waals surface area contributed by atoms with Gasteiger partial charge in [-0.1, -0.05) is 114 Å². The minimum atomic E-state index is -0.641. The molecule has 4 aromatic rings. The van der Waals surface area contributed by atoms with Crippen molar-refractivity contribution in [3.63, 3.8) is 0 Å². The number of benzene rings is 4. The Bertz CT molecular complexity index is 1510. The van der Waals surface area contributed by atoms with E-state index in [9.17, 15) is 4.79 Å². The van der Waals surface area contributed by atoms with Gasteiger partial charge in [-0.25, -0.2) is 5.01 Å². The van der Waals surface area contributed by atoms with Gasteiger partial charge in [-0.2, -0.15) is 5.10 Å². The highest BCUT2D eigenvalue weighted by atomic mass is 32.2. The summed E-state index contributed by atoms with van der Waals surface area (Å²) in [6, 6.07) is 34.5. The monoisotopic (exact) mass is 520 g/mol. The SMILES string of the molecule is CC(=O)C1=NN(c2ccc(C)cc2)[C@]2(S1)SC(c1ccccc1C)(c1ccccc1C)c1ccccc12. The van der Waals surface area contributed by atoms with E-state index in [2.05, 4.69) is 123 Å². The molecular weight excluding hydrogens is 492 g/mol. The molecule has 0 fully saturated rings. The van der Waals surface area contributed by atoms with Crippen molar-refractivity contribution < 1.29 is 4.79 Å². The fourth-order valence-corrected chi connectivity index (χ4v) is 9.23. The molecule has 2 heterocycles. The summed E-state index contributed by atoms with van der Waals surface area (Å²) in [6.07, 6.45) is 0. The molecular formula is C32H28N2OS2. The number of hydrogen-bond acceptors (Lipinski definition) is 5. The van der Waals surface area contributed by atoms with E-state index in [1.807, 2.05) is 11.8 Å². The third-order valence-electron chi connectivity index (χ3n) is 7.27. The Hall–Kier alpha value is -3.28. The zero-order chi connectivity index (χ0) is 25.8. The highest BCUT2D eigenvalue weighted by Crippen LogP contribution is 2.71. The molecule has 1 atom stereocenters. The standard InChI is InChI=1S/C32H28N2OS2/c1-21-17-19-25(20-18-21)34-32(36-30(33-34)24(4)35)29-16-10-9-15-28(29)31(37-32,26-13-7-5-11-22(26)2)27-14-8-6-12-23(27)3/h5-20H,1-4H3/t32-/m1/s1. The number of thioether (sulfide) groups is 2. The first kappa shape index (κ1) is 24.1. The molecule has 6 rings (SSSR count). The van der Waals surface area contributed by atoms with E-state index in [1.54, 1.807) is 18.7 Å². The maximum atomic E-state index is 12.8. The highest BCUT2D eigenvalue weighted by molar-refractivity contribution is 8.27. The van der Waals surface area contributed by atoms with Gasteiger partial charge in [0, 0.05) is 12.5 Å². The first-order valence-electron chi connectivity index (χ1n) is 12.4. The number of anilines is 1. The molecule has 0 saturated heterocycles. The van der Waals surface area contributed by atoms with E-state index < -0.39 is 8.95 Å². The molecule has 0 N–H and O–H groups in total. The average molecular weight is 521 g/mol. The number of carbonyl (C=O) groups is 1. The second-order valence-electron chi connectivity index (χ2n) is 9.75. The van der Waals surface area contributed by atoms with Crippen molar-refractivity contribution in [1.82, 2.24) is 0 Å². The van der Waals surface area contributed by atoms with Gasteiger partial charge in [0.1, 0.15) is 0 Å². The lowest BCUT2D eigenvalue weighted by molar-refractivity contribution is -0.110. The summed E-state index contributed by atoms with van der Waals surface area (Å²) in [7, 11) is 0. The Morgan fingerprint density at radius 3 is 1.76 bits per heavy atom. The van der Waals surface area contributed by atoms with Gasteiger partial charge >= 0.3 is 0 Å². The zero-order valence-corrected chi connectivity index (χ0v) is 23.0. The third kappa shape index (κ3) is 3.59. The number of rotatable bonds is 4. The first-order chi connectivity index (χ1) is 17.9. The molecule has 0 saturated carbocycles. The molecule has 0 aromatic heterocycles. The molecule has 2 aliphatic heterocycles. The van der Waals surface area contributed by atoms with Crippen LogP contribution in [0.3, 0.4) is 0 Å². The maximum absolute atomic E-state index is 12.8. The molecule has 0 aliphatic carbocycles. The summed E-state index contributed by atoms with van der Waals surface area (Å²) in [5.41, 5.74) is 9.59. The van der Waals surface area contributed by atoms with Crippen molar-refractivity contribution in [2.75, 3.05) is 5.01 Å². The smallest absolute Gasteiger partial charge is 0.187 e. The number of aryl methyl sites for hydroxylation is 3. The largest absolute Gasteiger partial charge is 0.292 e. The number of nitrogens with zero attached hydrogens (tertiary/aromatic N) is 2. The van der Waals surface area contributed by atoms with E-state index in [4.69, 9.17) is 5.10 Å². The number of ketones is 1. The molecule has 1 spiro atoms. The molecule has 0 amide bonds. The van der Waals surface area contributed by atoms with Crippen LogP contribution in [0.5, 0.6) is 0 Å². The summed E-state index contributed by atoms with van der Waals surface area (Å²) in [4.78, 5) is 12.8. The molecule has 4 aromatic carbocycles. The number of carbonyl (C=O) groups excluding carboxylic acids is 1. The summed E-state index contributed by atoms with van der Waals surface area (Å²) < 4.78 is -1.12. The lowest BCUT2D eigenvalue weighted by atomic mass is 9.79. The van der Waals surface area contributed by atoms with Gasteiger partial charge in [-0.3, -0.25) is 4.79 Å². The Labute approximate surface area is 227 Å². The molecule has 0 unspecified atom stereocenters. The van der Waals surface area contributed by atoms with Crippen LogP contribution >= 0.6 is 23.5 Å². The van der Waals surface area contributed by atoms with Crippen LogP contribution in [0.15, 0.2) is 102 Å². The summed E-state index contributed by atoms with van der Waals surface area (Å²) in [5.74, 6) is -0.0126. The van der Waals surface area contributed by atoms with Crippen LogP contribution < -0.4 is 5.01 Å². The quantitative estimate of drug-likeness (QED) is 0.274. The number of hydrogen-bond donors (Lipinski definition) is 0. The Morgan fingerprint density at radius 1 is 0.703 bits per heavy atom. The number of Topliss-reactive ketones (excluding diaryl/α,β-unsaturated/α-hetero) is 1. The Balaban J connectivity index is 1.68. The fourth-order valence-electron chi connectivity index (χ4n) is 5.50. The summed E-state index contributed by atoms with van der Waals surface area (Å²) >= 11 is 3.45. The Morgan fingerprint density at radius 2 is 1.22 bits per heavy atom. The van der Waals surface area contributed by atoms with Gasteiger partial charge in [-0.05, 0) is 60.7 Å². The summed E-state index contributed by atoms with van der Waals surface area (Å²) in [5, 5.41) is 7.58. The van der Waals surface area contributed by atoms with Crippen LogP contribution in [0.2, 0.25) is 0 Å². The van der Waals surface area contributed by atoms with Crippen LogP contribution in [0.1, 0.15) is 45.9 Å². The Kier molecular flexibility index (Phi) is 5.81. The van der Waals surface area contributed by atoms with Crippen molar-refractivity contribution >= 4 is 40.0 Å². The van der Waals surface area contributed by atoms with Crippen LogP contribution in [-0.2, 0) is 13.7 Å². The van der Waals surface area contributed by atoms with Gasteiger partial charge in [0.2, 0.25) is 0 Å². The van der Waals surface area contributed by atoms with Crippen LogP contribution in [0.25, 0.3) is 0 Å². The molecule has 0 radical (unpaired) electrons. The molecule has 5 heteroatoms. The second kappa shape index (κ2) is 8.93. The molecule has 3 nitrogen and oxygen atoms in total. The van der Waals surface area contributed by atoms with E-state index in [0.29, 0.717) is 5.04 Å². The normalized spacial score (nSPS) is 19.7. The van der Waals surface area contributed by atoms with Crippen LogP contribution in [0.4, 0.5) is 5.69 Å². The fraction of sp³-hybridized carbons (Fsp3) is 0.188. The van der Waals surface area contributed by atoms with Gasteiger partial charge in [-0.15, -0.1) is 0 Å². The van der Waals surface area contributed by atoms with E-state index in [0.717, 1.165) is 5.69 Å². The molecule has 0 bridgehead atoms. The van der Waals surface area contributed by atoms with E-state index in [1.165, 1.54) is 38.9 Å². The minimum Gasteiger partial charge on any atom is -0.292 e. The van der Waals surface area contributed by atoms with E-state index >= 15 is 0 Å². The third-order valence-corrected chi connectivity index (χ3v) is 10.6. The zero-order valence-electron chi connectivity index (χ0n) is 21.4. The minimum absolute atomic E-state index is 0.0126. The van der Waals surface area contributed by atoms with E-state index in [-0.39, 0.29) is 5.78 Å². The highest BCUT2D eigenvalue weighted by Gasteiger charge is 2.62. The number of hydrazone groups is 1. The van der Waals surface area contributed by atoms with Crippen LogP contribution in [0, 0.1) is 20.8 Å². The number of fused-ring (bicyclic) bond motifs is 2. The first-order valence-corrected chi connectivity index (χ1v) is 14.1. The lowest BCUT2D eigenvalue weighted by Gasteiger charge is -2.38. The van der Waals surface area contributed by atoms with Gasteiger partial charge in [0.25, 0.3) is 0 Å². The van der Waals surface area contributed by atoms with Gasteiger partial charge in [0.15, 0.2) is 15.0 Å². The molecule has 184 valence electrons. The average Bonchev–Trinajstić information content (AvgIpc) is 3.43. The topological polar surface area (TPSA) is 32.7 Å². The molecule has 37 heavy (non-hydrogen) atoms. The predicted molar refractivity (Wildman–Crippen MR) is 157 cm³/mol. The van der Waals surface area contributed by atoms with Crippen molar-refractivity contribution in [1.29, 1.82) is 0 Å². The summed E-state index contributed by atoms with van der Waals surface area (Å²) in [6.45, 7) is 8.09. The van der Waals surface area contributed by atoms with Crippen molar-refractivity contribution in [2.45, 2.75) is 36.6 Å². The molecule has 2 aliphatic rings. The second-order valence-corrected chi connectivity index (χ2v) is 12.6. The van der Waals surface area contributed by atoms with Crippen LogP contribution in [-0.4, -0.2) is 10.8 Å².